The smallest absolute Gasteiger partial charge is 0.257 e. The van der Waals surface area contributed by atoms with E-state index in [1.807, 2.05) is 0 Å². The third kappa shape index (κ3) is 4.97. The summed E-state index contributed by atoms with van der Waals surface area (Å²) in [6, 6.07) is 6.74. The SMILES string of the molecule is CCCCCNC(=O)c1cncc(C(=O)Nc2ccc3c(c2)OCCO3)c1. The molecule has 142 valence electrons. The number of hydrogen-bond acceptors (Lipinski definition) is 5. The Morgan fingerprint density at radius 2 is 1.74 bits per heavy atom. The van der Waals surface area contributed by atoms with Gasteiger partial charge in [-0.3, -0.25) is 14.6 Å². The van der Waals surface area contributed by atoms with Gasteiger partial charge in [-0.15, -0.1) is 0 Å². The van der Waals surface area contributed by atoms with Gasteiger partial charge in [0.25, 0.3) is 11.8 Å². The Morgan fingerprint density at radius 3 is 2.52 bits per heavy atom. The van der Waals surface area contributed by atoms with Gasteiger partial charge < -0.3 is 20.1 Å². The lowest BCUT2D eigenvalue weighted by atomic mass is 10.1. The van der Waals surface area contributed by atoms with E-state index in [-0.39, 0.29) is 11.8 Å². The molecule has 1 aromatic carbocycles. The van der Waals surface area contributed by atoms with Crippen LogP contribution in [0, 0.1) is 0 Å². The van der Waals surface area contributed by atoms with Crippen LogP contribution >= 0.6 is 0 Å². The molecular weight excluding hydrogens is 346 g/mol. The number of ether oxygens (including phenoxy) is 2. The predicted molar refractivity (Wildman–Crippen MR) is 101 cm³/mol. The number of nitrogens with zero attached hydrogens (tertiary/aromatic N) is 1. The summed E-state index contributed by atoms with van der Waals surface area (Å²) >= 11 is 0. The highest BCUT2D eigenvalue weighted by Gasteiger charge is 2.15. The molecule has 0 spiro atoms. The van der Waals surface area contributed by atoms with E-state index >= 15 is 0 Å². The molecule has 0 unspecified atom stereocenters. The minimum absolute atomic E-state index is 0.229. The number of carbonyl (C=O) groups excluding carboxylic acids is 2. The molecule has 7 nitrogen and oxygen atoms in total. The summed E-state index contributed by atoms with van der Waals surface area (Å²) in [6.45, 7) is 3.71. The Morgan fingerprint density at radius 1 is 1.00 bits per heavy atom. The number of anilines is 1. The average molecular weight is 369 g/mol. The number of rotatable bonds is 7. The summed E-state index contributed by atoms with van der Waals surface area (Å²) in [5.74, 6) is 0.674. The van der Waals surface area contributed by atoms with Gasteiger partial charge in [0.1, 0.15) is 13.2 Å². The van der Waals surface area contributed by atoms with Crippen LogP contribution in [0.25, 0.3) is 0 Å². The molecule has 7 heteroatoms. The van der Waals surface area contributed by atoms with Crippen LogP contribution in [0.1, 0.15) is 46.9 Å². The molecule has 3 rings (SSSR count). The maximum Gasteiger partial charge on any atom is 0.257 e. The van der Waals surface area contributed by atoms with Crippen molar-refractivity contribution in [3.8, 4) is 11.5 Å². The van der Waals surface area contributed by atoms with Gasteiger partial charge in [-0.1, -0.05) is 19.8 Å². The molecule has 0 bridgehead atoms. The minimum atomic E-state index is -0.347. The first-order chi connectivity index (χ1) is 13.2. The molecule has 0 aliphatic carbocycles. The number of fused-ring (bicyclic) bond motifs is 1. The molecule has 2 aromatic rings. The number of unbranched alkanes of at least 4 members (excludes halogenated alkanes) is 2. The van der Waals surface area contributed by atoms with E-state index in [1.54, 1.807) is 18.2 Å². The van der Waals surface area contributed by atoms with Crippen molar-refractivity contribution in [1.29, 1.82) is 0 Å². The van der Waals surface area contributed by atoms with E-state index in [0.717, 1.165) is 19.3 Å². The Bertz CT molecular complexity index is 823. The van der Waals surface area contributed by atoms with E-state index in [2.05, 4.69) is 22.5 Å². The van der Waals surface area contributed by atoms with E-state index in [9.17, 15) is 9.59 Å². The summed E-state index contributed by atoms with van der Waals surface area (Å²) in [7, 11) is 0. The highest BCUT2D eigenvalue weighted by atomic mass is 16.6. The van der Waals surface area contributed by atoms with E-state index in [1.165, 1.54) is 18.5 Å². The van der Waals surface area contributed by atoms with Crippen molar-refractivity contribution in [2.45, 2.75) is 26.2 Å². The third-order valence-electron chi connectivity index (χ3n) is 4.13. The minimum Gasteiger partial charge on any atom is -0.486 e. The van der Waals surface area contributed by atoms with E-state index in [4.69, 9.17) is 9.47 Å². The van der Waals surface area contributed by atoms with Crippen LogP contribution in [-0.4, -0.2) is 36.6 Å². The van der Waals surface area contributed by atoms with Crippen molar-refractivity contribution >= 4 is 17.5 Å². The number of pyridine rings is 1. The molecule has 2 heterocycles. The molecule has 0 saturated heterocycles. The number of nitrogens with one attached hydrogen (secondary N) is 2. The first kappa shape index (κ1) is 18.7. The van der Waals surface area contributed by atoms with Crippen LogP contribution in [0.15, 0.2) is 36.7 Å². The highest BCUT2D eigenvalue weighted by molar-refractivity contribution is 6.06. The van der Waals surface area contributed by atoms with Gasteiger partial charge in [-0.05, 0) is 24.6 Å². The third-order valence-corrected chi connectivity index (χ3v) is 4.13. The van der Waals surface area contributed by atoms with Gasteiger partial charge in [0.15, 0.2) is 11.5 Å². The van der Waals surface area contributed by atoms with Gasteiger partial charge in [0.05, 0.1) is 11.1 Å². The fraction of sp³-hybridized carbons (Fsp3) is 0.350. The van der Waals surface area contributed by atoms with Crippen molar-refractivity contribution in [3.63, 3.8) is 0 Å². The quantitative estimate of drug-likeness (QED) is 0.732. The summed E-state index contributed by atoms with van der Waals surface area (Å²) < 4.78 is 11.0. The summed E-state index contributed by atoms with van der Waals surface area (Å²) in [4.78, 5) is 28.7. The first-order valence-corrected chi connectivity index (χ1v) is 9.11. The average Bonchev–Trinajstić information content (AvgIpc) is 2.71. The van der Waals surface area contributed by atoms with Gasteiger partial charge in [0.2, 0.25) is 0 Å². The zero-order valence-corrected chi connectivity index (χ0v) is 15.3. The van der Waals surface area contributed by atoms with Gasteiger partial charge in [-0.25, -0.2) is 0 Å². The normalized spacial score (nSPS) is 12.3. The predicted octanol–water partition coefficient (Wildman–Crippen LogP) is 3.03. The standard InChI is InChI=1S/C20H23N3O4/c1-2-3-4-7-22-19(24)14-10-15(13-21-12-14)20(25)23-16-5-6-17-18(11-16)27-9-8-26-17/h5-6,10-13H,2-4,7-9H2,1H3,(H,22,24)(H,23,25). The molecule has 0 radical (unpaired) electrons. The van der Waals surface area contributed by atoms with Gasteiger partial charge >= 0.3 is 0 Å². The van der Waals surface area contributed by atoms with Crippen molar-refractivity contribution in [2.75, 3.05) is 25.1 Å². The molecule has 1 aromatic heterocycles. The second kappa shape index (κ2) is 9.02. The number of carbonyl (C=O) groups is 2. The lowest BCUT2D eigenvalue weighted by Crippen LogP contribution is -2.25. The van der Waals surface area contributed by atoms with Crippen LogP contribution in [0.5, 0.6) is 11.5 Å². The molecule has 2 amide bonds. The lowest BCUT2D eigenvalue weighted by molar-refractivity contribution is 0.0952. The zero-order valence-electron chi connectivity index (χ0n) is 15.3. The molecular formula is C20H23N3O4. The maximum absolute atomic E-state index is 12.5. The van der Waals surface area contributed by atoms with Crippen LogP contribution in [0.4, 0.5) is 5.69 Å². The summed E-state index contributed by atoms with van der Waals surface area (Å²) in [5, 5.41) is 5.63. The fourth-order valence-electron chi connectivity index (χ4n) is 2.69. The second-order valence-corrected chi connectivity index (χ2v) is 6.24. The van der Waals surface area contributed by atoms with Crippen LogP contribution in [0.3, 0.4) is 0 Å². The number of hydrogen-bond donors (Lipinski definition) is 2. The monoisotopic (exact) mass is 369 g/mol. The van der Waals surface area contributed by atoms with Crippen LogP contribution < -0.4 is 20.1 Å². The Kier molecular flexibility index (Phi) is 6.25. The van der Waals surface area contributed by atoms with E-state index in [0.29, 0.717) is 48.1 Å². The van der Waals surface area contributed by atoms with Gasteiger partial charge in [-0.2, -0.15) is 0 Å². The maximum atomic E-state index is 12.5. The van der Waals surface area contributed by atoms with Gasteiger partial charge in [0, 0.05) is 30.7 Å². The molecule has 0 fully saturated rings. The Hall–Kier alpha value is -3.09. The number of amides is 2. The van der Waals surface area contributed by atoms with Crippen molar-refractivity contribution in [2.24, 2.45) is 0 Å². The number of benzene rings is 1. The van der Waals surface area contributed by atoms with Crippen molar-refractivity contribution < 1.29 is 19.1 Å². The molecule has 1 aliphatic heterocycles. The largest absolute Gasteiger partial charge is 0.486 e. The first-order valence-electron chi connectivity index (χ1n) is 9.11. The molecule has 0 saturated carbocycles. The van der Waals surface area contributed by atoms with Crippen molar-refractivity contribution in [1.82, 2.24) is 10.3 Å². The molecule has 27 heavy (non-hydrogen) atoms. The summed E-state index contributed by atoms with van der Waals surface area (Å²) in [5.41, 5.74) is 1.26. The molecule has 0 atom stereocenters. The summed E-state index contributed by atoms with van der Waals surface area (Å²) in [6.07, 6.45) is 5.97. The van der Waals surface area contributed by atoms with Crippen LogP contribution in [0.2, 0.25) is 0 Å². The highest BCUT2D eigenvalue weighted by Crippen LogP contribution is 2.32. The Balaban J connectivity index is 1.64. The molecule has 1 aliphatic rings. The van der Waals surface area contributed by atoms with Crippen molar-refractivity contribution in [3.05, 3.63) is 47.8 Å². The number of aromatic nitrogens is 1. The lowest BCUT2D eigenvalue weighted by Gasteiger charge is -2.19. The molecule has 2 N–H and O–H groups in total. The second-order valence-electron chi connectivity index (χ2n) is 6.24. The topological polar surface area (TPSA) is 89.6 Å². The Labute approximate surface area is 158 Å². The van der Waals surface area contributed by atoms with Crippen LogP contribution in [-0.2, 0) is 0 Å². The fourth-order valence-corrected chi connectivity index (χ4v) is 2.69. The zero-order chi connectivity index (χ0) is 19.1. The van der Waals surface area contributed by atoms with E-state index < -0.39 is 0 Å².